The molecule has 0 aromatic heterocycles. The van der Waals surface area contributed by atoms with Crippen molar-refractivity contribution in [2.75, 3.05) is 6.61 Å². The minimum Gasteiger partial charge on any atom is -0.493 e. The average Bonchev–Trinajstić information content (AvgIpc) is 2.55. The predicted octanol–water partition coefficient (Wildman–Crippen LogP) is 3.07. The number of hydrogen-bond acceptors (Lipinski definition) is 4. The molecule has 0 fully saturated rings. The lowest BCUT2D eigenvalue weighted by Gasteiger charge is -2.05. The molecule has 0 aliphatic rings. The zero-order valence-corrected chi connectivity index (χ0v) is 14.2. The Balaban J connectivity index is 1.73. The molecular formula is C17H15BrN2O4. The number of amides is 1. The fourth-order valence-corrected chi connectivity index (χ4v) is 2.14. The van der Waals surface area contributed by atoms with Crippen LogP contribution in [0.5, 0.6) is 5.75 Å². The standard InChI is InChI=1S/C17H15BrN2O4/c18-14-2-1-3-15(10-14)24-9-8-16(21)20-19-11-12-4-6-13(7-5-12)17(22)23/h1-7,10-11H,8-9H2,(H,20,21)(H,22,23)/b19-11+. The van der Waals surface area contributed by atoms with Crippen LogP contribution in [0, 0.1) is 0 Å². The first-order valence-corrected chi connectivity index (χ1v) is 7.87. The number of rotatable bonds is 7. The minimum absolute atomic E-state index is 0.168. The maximum absolute atomic E-state index is 11.6. The Bertz CT molecular complexity index is 745. The average molecular weight is 391 g/mol. The summed E-state index contributed by atoms with van der Waals surface area (Å²) in [6.45, 7) is 0.241. The molecule has 0 unspecified atom stereocenters. The molecule has 6 nitrogen and oxygen atoms in total. The highest BCUT2D eigenvalue weighted by Crippen LogP contribution is 2.17. The van der Waals surface area contributed by atoms with Crippen LogP contribution >= 0.6 is 15.9 Å². The van der Waals surface area contributed by atoms with Gasteiger partial charge in [-0.25, -0.2) is 10.2 Å². The number of halogens is 1. The molecule has 0 aliphatic heterocycles. The van der Waals surface area contributed by atoms with Crippen molar-refractivity contribution in [3.05, 3.63) is 64.1 Å². The van der Waals surface area contributed by atoms with Crippen LogP contribution in [0.4, 0.5) is 0 Å². The Morgan fingerprint density at radius 2 is 1.96 bits per heavy atom. The molecule has 2 rings (SSSR count). The predicted molar refractivity (Wildman–Crippen MR) is 93.4 cm³/mol. The van der Waals surface area contributed by atoms with Crippen LogP contribution in [0.2, 0.25) is 0 Å². The number of carbonyl (C=O) groups is 2. The molecule has 24 heavy (non-hydrogen) atoms. The molecule has 0 radical (unpaired) electrons. The summed E-state index contributed by atoms with van der Waals surface area (Å²) in [5.74, 6) is -0.583. The summed E-state index contributed by atoms with van der Waals surface area (Å²) < 4.78 is 6.36. The molecule has 0 saturated heterocycles. The lowest BCUT2D eigenvalue weighted by Crippen LogP contribution is -2.20. The third kappa shape index (κ3) is 5.85. The smallest absolute Gasteiger partial charge is 0.335 e. The van der Waals surface area contributed by atoms with Crippen LogP contribution in [-0.2, 0) is 4.79 Å². The maximum Gasteiger partial charge on any atom is 0.335 e. The SMILES string of the molecule is O=C(CCOc1cccc(Br)c1)N/N=C/c1ccc(C(=O)O)cc1. The quantitative estimate of drug-likeness (QED) is 0.561. The van der Waals surface area contributed by atoms with Gasteiger partial charge in [0.05, 0.1) is 24.8 Å². The van der Waals surface area contributed by atoms with Gasteiger partial charge in [-0.05, 0) is 35.9 Å². The third-order valence-corrected chi connectivity index (χ3v) is 3.45. The van der Waals surface area contributed by atoms with Gasteiger partial charge in [0.1, 0.15) is 5.75 Å². The Hall–Kier alpha value is -2.67. The van der Waals surface area contributed by atoms with Crippen molar-refractivity contribution in [1.82, 2.24) is 5.43 Å². The van der Waals surface area contributed by atoms with E-state index in [0.29, 0.717) is 11.3 Å². The summed E-state index contributed by atoms with van der Waals surface area (Å²) in [7, 11) is 0. The van der Waals surface area contributed by atoms with Gasteiger partial charge in [0.2, 0.25) is 5.91 Å². The number of hydrogen-bond donors (Lipinski definition) is 2. The van der Waals surface area contributed by atoms with Crippen LogP contribution in [0.15, 0.2) is 58.1 Å². The van der Waals surface area contributed by atoms with Gasteiger partial charge in [-0.2, -0.15) is 5.10 Å². The van der Waals surface area contributed by atoms with Crippen molar-refractivity contribution < 1.29 is 19.4 Å². The number of nitrogens with one attached hydrogen (secondary N) is 1. The molecule has 0 aliphatic carbocycles. The molecule has 0 atom stereocenters. The summed E-state index contributed by atoms with van der Waals surface area (Å²) in [6, 6.07) is 13.5. The van der Waals surface area contributed by atoms with Crippen LogP contribution < -0.4 is 10.2 Å². The normalized spacial score (nSPS) is 10.5. The van der Waals surface area contributed by atoms with Gasteiger partial charge in [0.15, 0.2) is 0 Å². The zero-order valence-electron chi connectivity index (χ0n) is 12.6. The van der Waals surface area contributed by atoms with E-state index in [1.165, 1.54) is 18.3 Å². The van der Waals surface area contributed by atoms with Gasteiger partial charge < -0.3 is 9.84 Å². The molecule has 2 aromatic rings. The summed E-state index contributed by atoms with van der Waals surface area (Å²) in [5, 5.41) is 12.6. The summed E-state index contributed by atoms with van der Waals surface area (Å²) in [6.07, 6.45) is 1.61. The third-order valence-electron chi connectivity index (χ3n) is 2.95. The number of carbonyl (C=O) groups excluding carboxylic acids is 1. The van der Waals surface area contributed by atoms with E-state index in [2.05, 4.69) is 26.5 Å². The van der Waals surface area contributed by atoms with Gasteiger partial charge in [-0.1, -0.05) is 34.1 Å². The van der Waals surface area contributed by atoms with E-state index in [4.69, 9.17) is 9.84 Å². The molecule has 2 N–H and O–H groups in total. The molecular weight excluding hydrogens is 376 g/mol. The number of ether oxygens (including phenoxy) is 1. The van der Waals surface area contributed by atoms with Crippen molar-refractivity contribution in [3.63, 3.8) is 0 Å². The van der Waals surface area contributed by atoms with Gasteiger partial charge in [0, 0.05) is 4.47 Å². The lowest BCUT2D eigenvalue weighted by atomic mass is 10.1. The fourth-order valence-electron chi connectivity index (χ4n) is 1.76. The van der Waals surface area contributed by atoms with E-state index in [0.717, 1.165) is 4.47 Å². The monoisotopic (exact) mass is 390 g/mol. The van der Waals surface area contributed by atoms with E-state index in [-0.39, 0.29) is 24.5 Å². The topological polar surface area (TPSA) is 88.0 Å². The summed E-state index contributed by atoms with van der Waals surface area (Å²) in [4.78, 5) is 22.4. The second kappa shape index (κ2) is 8.83. The van der Waals surface area contributed by atoms with Gasteiger partial charge >= 0.3 is 5.97 Å². The summed E-state index contributed by atoms with van der Waals surface area (Å²) >= 11 is 3.34. The second-order valence-corrected chi connectivity index (χ2v) is 5.69. The van der Waals surface area contributed by atoms with Crippen LogP contribution in [0.3, 0.4) is 0 Å². The second-order valence-electron chi connectivity index (χ2n) is 4.78. The van der Waals surface area contributed by atoms with Crippen molar-refractivity contribution >= 4 is 34.0 Å². The molecule has 0 saturated carbocycles. The van der Waals surface area contributed by atoms with E-state index in [9.17, 15) is 9.59 Å². The van der Waals surface area contributed by atoms with E-state index in [1.807, 2.05) is 24.3 Å². The molecule has 124 valence electrons. The van der Waals surface area contributed by atoms with Crippen molar-refractivity contribution in [2.45, 2.75) is 6.42 Å². The highest BCUT2D eigenvalue weighted by Gasteiger charge is 2.02. The van der Waals surface area contributed by atoms with Crippen LogP contribution in [-0.4, -0.2) is 29.8 Å². The lowest BCUT2D eigenvalue weighted by molar-refractivity contribution is -0.121. The Labute approximate surface area is 147 Å². The minimum atomic E-state index is -0.989. The summed E-state index contributed by atoms with van der Waals surface area (Å²) in [5.41, 5.74) is 3.27. The molecule has 2 aromatic carbocycles. The van der Waals surface area contributed by atoms with Gasteiger partial charge in [-0.3, -0.25) is 4.79 Å². The molecule has 7 heteroatoms. The first-order valence-electron chi connectivity index (χ1n) is 7.08. The molecule has 0 bridgehead atoms. The van der Waals surface area contributed by atoms with E-state index < -0.39 is 5.97 Å². The number of aromatic carboxylic acids is 1. The van der Waals surface area contributed by atoms with Crippen LogP contribution in [0.25, 0.3) is 0 Å². The first-order chi connectivity index (χ1) is 11.5. The zero-order chi connectivity index (χ0) is 17.4. The van der Waals surface area contributed by atoms with Gasteiger partial charge in [-0.15, -0.1) is 0 Å². The Morgan fingerprint density at radius 3 is 2.62 bits per heavy atom. The van der Waals surface area contributed by atoms with Crippen molar-refractivity contribution in [3.8, 4) is 5.75 Å². The highest BCUT2D eigenvalue weighted by molar-refractivity contribution is 9.10. The van der Waals surface area contributed by atoms with Gasteiger partial charge in [0.25, 0.3) is 0 Å². The van der Waals surface area contributed by atoms with E-state index in [1.54, 1.807) is 12.1 Å². The number of carboxylic acids is 1. The Morgan fingerprint density at radius 1 is 1.21 bits per heavy atom. The van der Waals surface area contributed by atoms with Crippen molar-refractivity contribution in [1.29, 1.82) is 0 Å². The molecule has 0 spiro atoms. The number of benzene rings is 2. The highest BCUT2D eigenvalue weighted by atomic mass is 79.9. The van der Waals surface area contributed by atoms with Crippen LogP contribution in [0.1, 0.15) is 22.3 Å². The van der Waals surface area contributed by atoms with E-state index >= 15 is 0 Å². The largest absolute Gasteiger partial charge is 0.493 e. The number of carboxylic acid groups (broad SMARTS) is 1. The maximum atomic E-state index is 11.6. The van der Waals surface area contributed by atoms with Crippen molar-refractivity contribution in [2.24, 2.45) is 5.10 Å². The molecule has 0 heterocycles. The fraction of sp³-hybridized carbons (Fsp3) is 0.118. The Kier molecular flexibility index (Phi) is 6.51. The number of nitrogens with zero attached hydrogens (tertiary/aromatic N) is 1. The first kappa shape index (κ1) is 17.7. The molecule has 1 amide bonds. The number of hydrazone groups is 1.